The molecule has 156 valence electrons. The number of hydrogen-bond donors (Lipinski definition) is 1. The molecule has 5 nitrogen and oxygen atoms in total. The Labute approximate surface area is 178 Å². The lowest BCUT2D eigenvalue weighted by molar-refractivity contribution is -0.119. The highest BCUT2D eigenvalue weighted by Crippen LogP contribution is 2.27. The maximum absolute atomic E-state index is 13.4. The van der Waals surface area contributed by atoms with Crippen molar-refractivity contribution in [3.05, 3.63) is 95.1 Å². The first-order chi connectivity index (χ1) is 14.3. The third-order valence-corrected chi connectivity index (χ3v) is 6.60. The van der Waals surface area contributed by atoms with Crippen LogP contribution in [0.1, 0.15) is 22.3 Å². The van der Waals surface area contributed by atoms with Gasteiger partial charge in [-0.05, 0) is 55.7 Å². The van der Waals surface area contributed by atoms with Crippen molar-refractivity contribution in [2.45, 2.75) is 32.2 Å². The van der Waals surface area contributed by atoms with Crippen molar-refractivity contribution in [2.75, 3.05) is 10.8 Å². The van der Waals surface area contributed by atoms with Crippen LogP contribution in [0.25, 0.3) is 0 Å². The number of nitrogens with one attached hydrogen (secondary N) is 1. The Morgan fingerprint density at radius 1 is 0.867 bits per heavy atom. The van der Waals surface area contributed by atoms with Gasteiger partial charge in [0.05, 0.1) is 10.6 Å². The smallest absolute Gasteiger partial charge is 0.264 e. The molecule has 0 saturated heterocycles. The van der Waals surface area contributed by atoms with Crippen LogP contribution in [-0.4, -0.2) is 20.9 Å². The molecule has 0 bridgehead atoms. The van der Waals surface area contributed by atoms with Crippen LogP contribution < -0.4 is 9.62 Å². The van der Waals surface area contributed by atoms with Gasteiger partial charge in [-0.1, -0.05) is 60.2 Å². The number of carbonyl (C=O) groups is 1. The summed E-state index contributed by atoms with van der Waals surface area (Å²) in [4.78, 5) is 12.9. The van der Waals surface area contributed by atoms with Crippen LogP contribution in [0.2, 0.25) is 0 Å². The van der Waals surface area contributed by atoms with Crippen molar-refractivity contribution in [1.82, 2.24) is 5.32 Å². The lowest BCUT2D eigenvalue weighted by atomic mass is 10.1. The Morgan fingerprint density at radius 3 is 2.27 bits per heavy atom. The van der Waals surface area contributed by atoms with Crippen molar-refractivity contribution in [3.63, 3.8) is 0 Å². The number of rotatable bonds is 7. The van der Waals surface area contributed by atoms with E-state index in [0.29, 0.717) is 12.2 Å². The zero-order valence-corrected chi connectivity index (χ0v) is 18.2. The van der Waals surface area contributed by atoms with Crippen LogP contribution in [0.15, 0.2) is 77.7 Å². The Balaban J connectivity index is 1.90. The summed E-state index contributed by atoms with van der Waals surface area (Å²) in [7, 11) is -3.91. The fraction of sp³-hybridized carbons (Fsp3) is 0.208. The van der Waals surface area contributed by atoms with Crippen LogP contribution in [0.5, 0.6) is 0 Å². The normalized spacial score (nSPS) is 11.2. The molecule has 30 heavy (non-hydrogen) atoms. The van der Waals surface area contributed by atoms with E-state index >= 15 is 0 Å². The van der Waals surface area contributed by atoms with E-state index in [4.69, 9.17) is 0 Å². The largest absolute Gasteiger partial charge is 0.350 e. The predicted molar refractivity (Wildman–Crippen MR) is 120 cm³/mol. The summed E-state index contributed by atoms with van der Waals surface area (Å²) in [6, 6.07) is 21.6. The summed E-state index contributed by atoms with van der Waals surface area (Å²) in [5.41, 5.74) is 4.28. The van der Waals surface area contributed by atoms with E-state index < -0.39 is 10.0 Å². The van der Waals surface area contributed by atoms with Gasteiger partial charge in [0.1, 0.15) is 6.54 Å². The first-order valence-electron chi connectivity index (χ1n) is 9.74. The summed E-state index contributed by atoms with van der Waals surface area (Å²) < 4.78 is 28.0. The zero-order chi connectivity index (χ0) is 21.7. The number of hydrogen-bond acceptors (Lipinski definition) is 3. The standard InChI is InChI=1S/C24H26N2O3S/c1-18-8-7-9-21(14-18)16-25-24(27)17-26(23-15-19(2)12-13-20(23)3)30(28,29)22-10-5-4-6-11-22/h4-15H,16-17H2,1-3H3,(H,25,27). The number of benzene rings is 3. The van der Waals surface area contributed by atoms with Crippen molar-refractivity contribution >= 4 is 21.6 Å². The third-order valence-electron chi connectivity index (χ3n) is 4.82. The van der Waals surface area contributed by atoms with E-state index in [0.717, 1.165) is 22.3 Å². The molecule has 1 N–H and O–H groups in total. The molecule has 0 unspecified atom stereocenters. The minimum Gasteiger partial charge on any atom is -0.350 e. The quantitative estimate of drug-likeness (QED) is 0.623. The highest BCUT2D eigenvalue weighted by molar-refractivity contribution is 7.92. The van der Waals surface area contributed by atoms with Crippen molar-refractivity contribution in [1.29, 1.82) is 0 Å². The highest BCUT2D eigenvalue weighted by Gasteiger charge is 2.28. The van der Waals surface area contributed by atoms with Gasteiger partial charge in [0.25, 0.3) is 10.0 Å². The molecule has 0 saturated carbocycles. The first kappa shape index (κ1) is 21.6. The van der Waals surface area contributed by atoms with Crippen LogP contribution in [0.4, 0.5) is 5.69 Å². The number of sulfonamides is 1. The molecule has 0 atom stereocenters. The molecule has 0 aromatic heterocycles. The minimum absolute atomic E-state index is 0.150. The molecule has 0 fully saturated rings. The maximum atomic E-state index is 13.4. The second kappa shape index (κ2) is 9.13. The zero-order valence-electron chi connectivity index (χ0n) is 17.4. The Hall–Kier alpha value is -3.12. The third kappa shape index (κ3) is 5.07. The molecular weight excluding hydrogens is 396 g/mol. The molecule has 3 rings (SSSR count). The SMILES string of the molecule is Cc1cccc(CNC(=O)CN(c2cc(C)ccc2C)S(=O)(=O)c2ccccc2)c1. The predicted octanol–water partition coefficient (Wildman–Crippen LogP) is 4.12. The number of amides is 1. The van der Waals surface area contributed by atoms with Gasteiger partial charge < -0.3 is 5.32 Å². The van der Waals surface area contributed by atoms with E-state index in [1.807, 2.05) is 57.2 Å². The Bertz CT molecular complexity index is 1140. The van der Waals surface area contributed by atoms with E-state index in [-0.39, 0.29) is 17.3 Å². The highest BCUT2D eigenvalue weighted by atomic mass is 32.2. The van der Waals surface area contributed by atoms with Crippen molar-refractivity contribution < 1.29 is 13.2 Å². The first-order valence-corrected chi connectivity index (χ1v) is 11.2. The Kier molecular flexibility index (Phi) is 6.57. The van der Waals surface area contributed by atoms with Gasteiger partial charge in [0.15, 0.2) is 0 Å². The number of aryl methyl sites for hydroxylation is 3. The van der Waals surface area contributed by atoms with E-state index in [1.165, 1.54) is 16.4 Å². The second-order valence-corrected chi connectivity index (χ2v) is 9.24. The summed E-state index contributed by atoms with van der Waals surface area (Å²) in [5, 5.41) is 2.84. The lowest BCUT2D eigenvalue weighted by Gasteiger charge is -2.26. The molecule has 0 radical (unpaired) electrons. The van der Waals surface area contributed by atoms with Crippen LogP contribution in [0, 0.1) is 20.8 Å². The lowest BCUT2D eigenvalue weighted by Crippen LogP contribution is -2.41. The average Bonchev–Trinajstić information content (AvgIpc) is 2.73. The van der Waals surface area contributed by atoms with Crippen LogP contribution in [-0.2, 0) is 21.4 Å². The van der Waals surface area contributed by atoms with Gasteiger partial charge in [-0.3, -0.25) is 9.10 Å². The van der Waals surface area contributed by atoms with Gasteiger partial charge >= 0.3 is 0 Å². The summed E-state index contributed by atoms with van der Waals surface area (Å²) in [5.74, 6) is -0.364. The molecule has 1 amide bonds. The maximum Gasteiger partial charge on any atom is 0.264 e. The number of carbonyl (C=O) groups excluding carboxylic acids is 1. The molecule has 0 aliphatic heterocycles. The topological polar surface area (TPSA) is 66.5 Å². The van der Waals surface area contributed by atoms with Crippen LogP contribution >= 0.6 is 0 Å². The molecule has 6 heteroatoms. The summed E-state index contributed by atoms with van der Waals surface area (Å²) >= 11 is 0. The van der Waals surface area contributed by atoms with Gasteiger partial charge in [-0.2, -0.15) is 0 Å². The second-order valence-electron chi connectivity index (χ2n) is 7.38. The van der Waals surface area contributed by atoms with Crippen molar-refractivity contribution in [3.8, 4) is 0 Å². The molecule has 0 aliphatic carbocycles. The van der Waals surface area contributed by atoms with Crippen LogP contribution in [0.3, 0.4) is 0 Å². The molecule has 3 aromatic carbocycles. The molecule has 0 spiro atoms. The Morgan fingerprint density at radius 2 is 1.57 bits per heavy atom. The molecule has 0 aliphatic rings. The molecular formula is C24H26N2O3S. The average molecular weight is 423 g/mol. The monoisotopic (exact) mass is 422 g/mol. The fourth-order valence-electron chi connectivity index (χ4n) is 3.22. The summed E-state index contributed by atoms with van der Waals surface area (Å²) in [6.45, 7) is 5.76. The van der Waals surface area contributed by atoms with Gasteiger partial charge in [-0.25, -0.2) is 8.42 Å². The number of nitrogens with zero attached hydrogens (tertiary/aromatic N) is 1. The summed E-state index contributed by atoms with van der Waals surface area (Å²) in [6.07, 6.45) is 0. The minimum atomic E-state index is -3.91. The number of anilines is 1. The van der Waals surface area contributed by atoms with E-state index in [9.17, 15) is 13.2 Å². The van der Waals surface area contributed by atoms with Crippen molar-refractivity contribution in [2.24, 2.45) is 0 Å². The van der Waals surface area contributed by atoms with Gasteiger partial charge in [0.2, 0.25) is 5.91 Å². The van der Waals surface area contributed by atoms with E-state index in [2.05, 4.69) is 5.32 Å². The van der Waals surface area contributed by atoms with Gasteiger partial charge in [0, 0.05) is 6.54 Å². The van der Waals surface area contributed by atoms with Gasteiger partial charge in [-0.15, -0.1) is 0 Å². The van der Waals surface area contributed by atoms with E-state index in [1.54, 1.807) is 24.3 Å². The molecule has 0 heterocycles. The molecule has 3 aromatic rings. The fourth-order valence-corrected chi connectivity index (χ4v) is 4.71.